The molecule has 1 rings (SSSR count). The number of aliphatic hydroxyl groups is 1. The number of nitrogens with zero attached hydrogens (tertiary/aromatic N) is 1. The lowest BCUT2D eigenvalue weighted by molar-refractivity contribution is -0.137. The molecule has 20 heavy (non-hydrogen) atoms. The monoisotopic (exact) mass is 308 g/mol. The zero-order valence-electron chi connectivity index (χ0n) is 11.8. The van der Waals surface area contributed by atoms with Gasteiger partial charge >= 0.3 is 5.97 Å². The summed E-state index contributed by atoms with van der Waals surface area (Å²) in [6.45, 7) is -0.115. The molecule has 3 N–H and O–H groups in total. The Hall–Kier alpha value is -0.700. The van der Waals surface area contributed by atoms with Crippen molar-refractivity contribution in [3.63, 3.8) is 0 Å². The zero-order valence-corrected chi connectivity index (χ0v) is 12.7. The number of aliphatic carboxylic acids is 1. The van der Waals surface area contributed by atoms with Gasteiger partial charge in [0.1, 0.15) is 0 Å². The van der Waals surface area contributed by atoms with E-state index < -0.39 is 21.8 Å². The minimum Gasteiger partial charge on any atom is -0.481 e. The molecule has 0 saturated heterocycles. The molecule has 0 radical (unpaired) electrons. The summed E-state index contributed by atoms with van der Waals surface area (Å²) in [4.78, 5) is 10.4. The molecule has 118 valence electrons. The zero-order chi connectivity index (χ0) is 15.2. The number of nitrogens with one attached hydrogen (secondary N) is 1. The van der Waals surface area contributed by atoms with Crippen molar-refractivity contribution in [1.29, 1.82) is 0 Å². The van der Waals surface area contributed by atoms with Crippen molar-refractivity contribution in [3.05, 3.63) is 0 Å². The Balaban J connectivity index is 2.50. The molecule has 0 aromatic heterocycles. The molecule has 0 spiro atoms. The number of hydrogen-bond acceptors (Lipinski definition) is 4. The largest absolute Gasteiger partial charge is 0.481 e. The second kappa shape index (κ2) is 7.35. The topological polar surface area (TPSA) is 107 Å². The predicted octanol–water partition coefficient (Wildman–Crippen LogP) is 0.313. The fourth-order valence-electron chi connectivity index (χ4n) is 2.27. The molecule has 1 fully saturated rings. The van der Waals surface area contributed by atoms with Crippen LogP contribution >= 0.6 is 0 Å². The highest BCUT2D eigenvalue weighted by molar-refractivity contribution is 7.87. The van der Waals surface area contributed by atoms with E-state index in [-0.39, 0.29) is 19.5 Å². The lowest BCUT2D eigenvalue weighted by Gasteiger charge is -2.28. The summed E-state index contributed by atoms with van der Waals surface area (Å²) >= 11 is 0. The van der Waals surface area contributed by atoms with Gasteiger partial charge in [-0.15, -0.1) is 0 Å². The molecule has 0 unspecified atom stereocenters. The summed E-state index contributed by atoms with van der Waals surface area (Å²) in [5, 5.41) is 18.9. The Labute approximate surface area is 120 Å². The van der Waals surface area contributed by atoms with Gasteiger partial charge in [0.25, 0.3) is 10.2 Å². The number of rotatable bonds is 7. The fourth-order valence-corrected chi connectivity index (χ4v) is 3.28. The highest BCUT2D eigenvalue weighted by Gasteiger charge is 2.30. The van der Waals surface area contributed by atoms with Crippen LogP contribution in [0.15, 0.2) is 0 Å². The number of carboxylic acids is 1. The molecule has 1 aliphatic carbocycles. The summed E-state index contributed by atoms with van der Waals surface area (Å²) < 4.78 is 27.2. The van der Waals surface area contributed by atoms with Crippen molar-refractivity contribution in [2.24, 2.45) is 0 Å². The van der Waals surface area contributed by atoms with Gasteiger partial charge in [0, 0.05) is 20.1 Å². The standard InChI is InChI=1S/C12H24N2O5S/c1-14(9-6-11(15)16)20(18,19)13-10-12(17)7-4-2-3-5-8-12/h13,17H,2-10H2,1H3,(H,15,16). The maximum absolute atomic E-state index is 11.9. The first-order valence-corrected chi connectivity index (χ1v) is 8.34. The van der Waals surface area contributed by atoms with Gasteiger partial charge in [0.15, 0.2) is 0 Å². The molecule has 0 aromatic rings. The van der Waals surface area contributed by atoms with Gasteiger partial charge in [-0.05, 0) is 12.8 Å². The summed E-state index contributed by atoms with van der Waals surface area (Å²) in [5.74, 6) is -1.05. The fraction of sp³-hybridized carbons (Fsp3) is 0.917. The molecule has 1 aliphatic rings. The average molecular weight is 308 g/mol. The molecule has 0 heterocycles. The molecule has 7 nitrogen and oxygen atoms in total. The van der Waals surface area contributed by atoms with Gasteiger partial charge in [0.05, 0.1) is 12.0 Å². The quantitative estimate of drug-likeness (QED) is 0.587. The van der Waals surface area contributed by atoms with Crippen molar-refractivity contribution in [3.8, 4) is 0 Å². The van der Waals surface area contributed by atoms with Gasteiger partial charge in [-0.3, -0.25) is 4.79 Å². The number of hydrogen-bond donors (Lipinski definition) is 3. The van der Waals surface area contributed by atoms with Crippen LogP contribution in [0.4, 0.5) is 0 Å². The lowest BCUT2D eigenvalue weighted by atomic mass is 9.95. The average Bonchev–Trinajstić information content (AvgIpc) is 2.59. The predicted molar refractivity (Wildman–Crippen MR) is 74.5 cm³/mol. The van der Waals surface area contributed by atoms with E-state index in [0.717, 1.165) is 30.0 Å². The van der Waals surface area contributed by atoms with Crippen LogP contribution in [0.1, 0.15) is 44.9 Å². The molecule has 0 amide bonds. The highest BCUT2D eigenvalue weighted by Crippen LogP contribution is 2.26. The van der Waals surface area contributed by atoms with Crippen LogP contribution in [0.2, 0.25) is 0 Å². The van der Waals surface area contributed by atoms with Crippen molar-refractivity contribution in [2.75, 3.05) is 20.1 Å². The minimum absolute atomic E-state index is 0.0211. The lowest BCUT2D eigenvalue weighted by Crippen LogP contribution is -2.47. The molecule has 0 aliphatic heterocycles. The van der Waals surface area contributed by atoms with Gasteiger partial charge in [-0.1, -0.05) is 25.7 Å². The Morgan fingerprint density at radius 1 is 1.25 bits per heavy atom. The van der Waals surface area contributed by atoms with Crippen molar-refractivity contribution < 1.29 is 23.4 Å². The Bertz CT molecular complexity index is 416. The summed E-state index contributed by atoms with van der Waals surface area (Å²) in [6.07, 6.45) is 4.85. The third-order valence-electron chi connectivity index (χ3n) is 3.67. The molecule has 0 aromatic carbocycles. The van der Waals surface area contributed by atoms with Crippen molar-refractivity contribution >= 4 is 16.2 Å². The molecule has 1 saturated carbocycles. The van der Waals surface area contributed by atoms with E-state index in [9.17, 15) is 18.3 Å². The summed E-state index contributed by atoms with van der Waals surface area (Å²) in [5.41, 5.74) is -0.989. The van der Waals surface area contributed by atoms with Gasteiger partial charge in [-0.25, -0.2) is 0 Å². The van der Waals surface area contributed by atoms with Crippen LogP contribution in [-0.4, -0.2) is 54.6 Å². The van der Waals surface area contributed by atoms with E-state index in [0.29, 0.717) is 12.8 Å². The third-order valence-corrected chi connectivity index (χ3v) is 5.18. The van der Waals surface area contributed by atoms with Crippen LogP contribution in [0.3, 0.4) is 0 Å². The summed E-state index contributed by atoms with van der Waals surface area (Å²) in [6, 6.07) is 0. The normalized spacial score (nSPS) is 19.8. The smallest absolute Gasteiger partial charge is 0.304 e. The van der Waals surface area contributed by atoms with E-state index in [1.807, 2.05) is 0 Å². The molecule has 8 heteroatoms. The Kier molecular flexibility index (Phi) is 6.38. The first-order valence-electron chi connectivity index (χ1n) is 6.90. The van der Waals surface area contributed by atoms with E-state index in [1.165, 1.54) is 7.05 Å². The van der Waals surface area contributed by atoms with Crippen molar-refractivity contribution in [1.82, 2.24) is 9.03 Å². The Morgan fingerprint density at radius 3 is 2.30 bits per heavy atom. The second-order valence-corrected chi connectivity index (χ2v) is 7.29. The first-order chi connectivity index (χ1) is 9.25. The van der Waals surface area contributed by atoms with Gasteiger partial charge < -0.3 is 10.2 Å². The maximum Gasteiger partial charge on any atom is 0.304 e. The molecular weight excluding hydrogens is 284 g/mol. The van der Waals surface area contributed by atoms with Crippen molar-refractivity contribution in [2.45, 2.75) is 50.5 Å². The van der Waals surface area contributed by atoms with Crippen LogP contribution in [0.5, 0.6) is 0 Å². The van der Waals surface area contributed by atoms with Crippen LogP contribution in [-0.2, 0) is 15.0 Å². The van der Waals surface area contributed by atoms with Crippen LogP contribution < -0.4 is 4.72 Å². The second-order valence-electron chi connectivity index (χ2n) is 5.43. The van der Waals surface area contributed by atoms with E-state index in [4.69, 9.17) is 5.11 Å². The molecule has 0 atom stereocenters. The number of carboxylic acid groups (broad SMARTS) is 1. The van der Waals surface area contributed by atoms with Crippen LogP contribution in [0, 0.1) is 0 Å². The van der Waals surface area contributed by atoms with E-state index >= 15 is 0 Å². The SMILES string of the molecule is CN(CCC(=O)O)S(=O)(=O)NCC1(O)CCCCCC1. The Morgan fingerprint density at radius 2 is 1.80 bits per heavy atom. The molecular formula is C12H24N2O5S. The van der Waals surface area contributed by atoms with Crippen LogP contribution in [0.25, 0.3) is 0 Å². The minimum atomic E-state index is -3.75. The third kappa shape index (κ3) is 5.74. The van der Waals surface area contributed by atoms with Gasteiger partial charge in [0.2, 0.25) is 0 Å². The van der Waals surface area contributed by atoms with E-state index in [2.05, 4.69) is 4.72 Å². The highest BCUT2D eigenvalue weighted by atomic mass is 32.2. The van der Waals surface area contributed by atoms with Gasteiger partial charge in [-0.2, -0.15) is 17.4 Å². The maximum atomic E-state index is 11.9. The summed E-state index contributed by atoms with van der Waals surface area (Å²) in [7, 11) is -2.42. The van der Waals surface area contributed by atoms with E-state index in [1.54, 1.807) is 0 Å². The number of carbonyl (C=O) groups is 1. The first kappa shape index (κ1) is 17.4. The molecule has 0 bridgehead atoms.